The molecule has 0 saturated heterocycles. The van der Waals surface area contributed by atoms with Crippen molar-refractivity contribution in [3.05, 3.63) is 0 Å². The molecule has 1 aliphatic carbocycles. The van der Waals surface area contributed by atoms with Crippen molar-refractivity contribution in [1.29, 1.82) is 0 Å². The summed E-state index contributed by atoms with van der Waals surface area (Å²) >= 11 is 0. The Kier molecular flexibility index (Phi) is 5.77. The summed E-state index contributed by atoms with van der Waals surface area (Å²) in [6.45, 7) is 15.1. The minimum Gasteiger partial charge on any atom is -0.313 e. The molecule has 1 fully saturated rings. The highest BCUT2D eigenvalue weighted by molar-refractivity contribution is 4.88. The van der Waals surface area contributed by atoms with Gasteiger partial charge in [0.15, 0.2) is 0 Å². The summed E-state index contributed by atoms with van der Waals surface area (Å²) in [5.41, 5.74) is 0. The lowest BCUT2D eigenvalue weighted by atomic mass is 10.0. The maximum Gasteiger partial charge on any atom is 0.0217 e. The lowest BCUT2D eigenvalue weighted by Gasteiger charge is -2.31. The van der Waals surface area contributed by atoms with E-state index in [1.165, 1.54) is 25.9 Å². The molecule has 1 aliphatic rings. The van der Waals surface area contributed by atoms with Gasteiger partial charge < -0.3 is 5.32 Å². The number of hydrogen-bond acceptors (Lipinski definition) is 2. The van der Waals surface area contributed by atoms with Crippen LogP contribution < -0.4 is 5.32 Å². The first-order chi connectivity index (χ1) is 7.54. The zero-order chi connectivity index (χ0) is 12.1. The first-order valence-electron chi connectivity index (χ1n) is 7.02. The third-order valence-electron chi connectivity index (χ3n) is 3.37. The number of nitrogens with zero attached hydrogens (tertiary/aromatic N) is 1. The molecule has 0 aromatic rings. The Bertz CT molecular complexity index is 185. The highest BCUT2D eigenvalue weighted by Crippen LogP contribution is 2.28. The van der Waals surface area contributed by atoms with Gasteiger partial charge in [-0.2, -0.15) is 0 Å². The van der Waals surface area contributed by atoms with Crippen molar-refractivity contribution >= 4 is 0 Å². The maximum atomic E-state index is 3.63. The summed E-state index contributed by atoms with van der Waals surface area (Å²) in [4.78, 5) is 2.71. The van der Waals surface area contributed by atoms with E-state index in [0.29, 0.717) is 6.04 Å². The lowest BCUT2D eigenvalue weighted by Crippen LogP contribution is -2.46. The second-order valence-corrected chi connectivity index (χ2v) is 5.99. The molecule has 1 saturated carbocycles. The summed E-state index contributed by atoms with van der Waals surface area (Å²) in [6, 6.07) is 1.55. The molecule has 2 nitrogen and oxygen atoms in total. The van der Waals surface area contributed by atoms with E-state index in [9.17, 15) is 0 Å². The van der Waals surface area contributed by atoms with Crippen LogP contribution in [0, 0.1) is 11.8 Å². The molecule has 0 spiro atoms. The summed E-state index contributed by atoms with van der Waals surface area (Å²) < 4.78 is 0. The van der Waals surface area contributed by atoms with Crippen LogP contribution in [0.4, 0.5) is 0 Å². The molecule has 0 heterocycles. The topological polar surface area (TPSA) is 15.3 Å². The largest absolute Gasteiger partial charge is 0.313 e. The molecule has 0 radical (unpaired) electrons. The third-order valence-corrected chi connectivity index (χ3v) is 3.37. The van der Waals surface area contributed by atoms with Crippen molar-refractivity contribution in [3.8, 4) is 0 Å². The normalized spacial score (nSPS) is 18.8. The Hall–Kier alpha value is -0.0800. The number of hydrogen-bond donors (Lipinski definition) is 1. The van der Waals surface area contributed by atoms with Crippen LogP contribution in [0.15, 0.2) is 0 Å². The zero-order valence-corrected chi connectivity index (χ0v) is 11.8. The lowest BCUT2D eigenvalue weighted by molar-refractivity contribution is 0.191. The Labute approximate surface area is 102 Å². The van der Waals surface area contributed by atoms with E-state index < -0.39 is 0 Å². The zero-order valence-electron chi connectivity index (χ0n) is 11.8. The van der Waals surface area contributed by atoms with Gasteiger partial charge in [-0.05, 0) is 31.2 Å². The SMILES string of the molecule is CCNC(CN(CC(C)C)C1CC1)C(C)C. The highest BCUT2D eigenvalue weighted by Gasteiger charge is 2.31. The average molecular weight is 226 g/mol. The number of nitrogens with one attached hydrogen (secondary N) is 1. The standard InChI is InChI=1S/C14H30N2/c1-6-15-14(12(4)5)10-16(9-11(2)3)13-7-8-13/h11-15H,6-10H2,1-5H3. The molecule has 1 atom stereocenters. The molecular weight excluding hydrogens is 196 g/mol. The van der Waals surface area contributed by atoms with Crippen molar-refractivity contribution in [1.82, 2.24) is 10.2 Å². The third kappa shape index (κ3) is 4.84. The van der Waals surface area contributed by atoms with Gasteiger partial charge in [0.1, 0.15) is 0 Å². The molecule has 0 aromatic heterocycles. The van der Waals surface area contributed by atoms with Gasteiger partial charge in [-0.3, -0.25) is 4.90 Å². The Morgan fingerprint density at radius 3 is 2.12 bits per heavy atom. The van der Waals surface area contributed by atoms with Crippen molar-refractivity contribution in [2.24, 2.45) is 11.8 Å². The van der Waals surface area contributed by atoms with Crippen molar-refractivity contribution in [2.45, 2.75) is 59.5 Å². The highest BCUT2D eigenvalue weighted by atomic mass is 15.2. The first-order valence-corrected chi connectivity index (χ1v) is 7.02. The van der Waals surface area contributed by atoms with Crippen LogP contribution in [0.2, 0.25) is 0 Å². The van der Waals surface area contributed by atoms with Crippen molar-refractivity contribution in [2.75, 3.05) is 19.6 Å². The van der Waals surface area contributed by atoms with E-state index >= 15 is 0 Å². The van der Waals surface area contributed by atoms with E-state index in [-0.39, 0.29) is 0 Å². The molecule has 0 aromatic carbocycles. The van der Waals surface area contributed by atoms with E-state index in [4.69, 9.17) is 0 Å². The van der Waals surface area contributed by atoms with Gasteiger partial charge in [-0.15, -0.1) is 0 Å². The molecule has 0 bridgehead atoms. The van der Waals surface area contributed by atoms with Gasteiger partial charge >= 0.3 is 0 Å². The Balaban J connectivity index is 2.44. The summed E-state index contributed by atoms with van der Waals surface area (Å²) in [5, 5.41) is 3.63. The van der Waals surface area contributed by atoms with Gasteiger partial charge in [-0.25, -0.2) is 0 Å². The maximum absolute atomic E-state index is 3.63. The van der Waals surface area contributed by atoms with Crippen LogP contribution >= 0.6 is 0 Å². The molecule has 0 amide bonds. The van der Waals surface area contributed by atoms with E-state index in [2.05, 4.69) is 44.8 Å². The molecule has 0 aliphatic heterocycles. The van der Waals surface area contributed by atoms with Gasteiger partial charge in [0.05, 0.1) is 0 Å². The van der Waals surface area contributed by atoms with Gasteiger partial charge in [0.25, 0.3) is 0 Å². The fourth-order valence-corrected chi connectivity index (χ4v) is 2.31. The average Bonchev–Trinajstić information content (AvgIpc) is 2.97. The molecule has 16 heavy (non-hydrogen) atoms. The Morgan fingerprint density at radius 1 is 1.12 bits per heavy atom. The minimum absolute atomic E-state index is 0.657. The number of rotatable bonds is 8. The van der Waals surface area contributed by atoms with Crippen molar-refractivity contribution in [3.63, 3.8) is 0 Å². The van der Waals surface area contributed by atoms with E-state index in [0.717, 1.165) is 24.4 Å². The quantitative estimate of drug-likeness (QED) is 0.684. The fourth-order valence-electron chi connectivity index (χ4n) is 2.31. The van der Waals surface area contributed by atoms with Crippen LogP contribution in [-0.2, 0) is 0 Å². The van der Waals surface area contributed by atoms with E-state index in [1.807, 2.05) is 0 Å². The van der Waals surface area contributed by atoms with Crippen LogP contribution in [-0.4, -0.2) is 36.6 Å². The van der Waals surface area contributed by atoms with Gasteiger partial charge in [-0.1, -0.05) is 34.6 Å². The monoisotopic (exact) mass is 226 g/mol. The number of likely N-dealkylation sites (N-methyl/N-ethyl adjacent to an activating group) is 1. The minimum atomic E-state index is 0.657. The predicted octanol–water partition coefficient (Wildman–Crippen LogP) is 2.74. The fraction of sp³-hybridized carbons (Fsp3) is 1.00. The molecule has 1 rings (SSSR count). The van der Waals surface area contributed by atoms with Crippen molar-refractivity contribution < 1.29 is 0 Å². The van der Waals surface area contributed by atoms with Gasteiger partial charge in [0, 0.05) is 25.2 Å². The van der Waals surface area contributed by atoms with Crippen LogP contribution in [0.25, 0.3) is 0 Å². The predicted molar refractivity (Wildman–Crippen MR) is 71.7 cm³/mol. The summed E-state index contributed by atoms with van der Waals surface area (Å²) in [7, 11) is 0. The molecule has 1 unspecified atom stereocenters. The molecule has 2 heteroatoms. The van der Waals surface area contributed by atoms with Crippen LogP contribution in [0.3, 0.4) is 0 Å². The second kappa shape index (κ2) is 6.61. The molecular formula is C14H30N2. The molecule has 1 N–H and O–H groups in total. The van der Waals surface area contributed by atoms with E-state index in [1.54, 1.807) is 0 Å². The first kappa shape index (κ1) is 14.0. The summed E-state index contributed by atoms with van der Waals surface area (Å²) in [6.07, 6.45) is 2.84. The van der Waals surface area contributed by atoms with Crippen LogP contribution in [0.1, 0.15) is 47.5 Å². The smallest absolute Gasteiger partial charge is 0.0217 e. The second-order valence-electron chi connectivity index (χ2n) is 5.99. The molecule has 96 valence electrons. The van der Waals surface area contributed by atoms with Crippen LogP contribution in [0.5, 0.6) is 0 Å². The van der Waals surface area contributed by atoms with Gasteiger partial charge in [0.2, 0.25) is 0 Å². The summed E-state index contributed by atoms with van der Waals surface area (Å²) in [5.74, 6) is 1.52. The Morgan fingerprint density at radius 2 is 1.75 bits per heavy atom.